The van der Waals surface area contributed by atoms with Crippen LogP contribution in [-0.4, -0.2) is 41.0 Å². The fraction of sp³-hybridized carbons (Fsp3) is 0.438. The van der Waals surface area contributed by atoms with Gasteiger partial charge in [0.15, 0.2) is 0 Å². The quantitative estimate of drug-likeness (QED) is 0.833. The monoisotopic (exact) mass is 269 g/mol. The van der Waals surface area contributed by atoms with E-state index in [9.17, 15) is 4.79 Å². The lowest BCUT2D eigenvalue weighted by Gasteiger charge is -2.24. The normalized spacial score (nSPS) is 25.9. The molecule has 4 nitrogen and oxygen atoms in total. The lowest BCUT2D eigenvalue weighted by Crippen LogP contribution is -2.39. The third kappa shape index (κ3) is 2.00. The van der Waals surface area contributed by atoms with Crippen molar-refractivity contribution in [2.75, 3.05) is 13.1 Å². The van der Waals surface area contributed by atoms with E-state index in [4.69, 9.17) is 0 Å². The lowest BCUT2D eigenvalue weighted by molar-refractivity contribution is 0.0748. The minimum atomic E-state index is 0.169. The average molecular weight is 269 g/mol. The van der Waals surface area contributed by atoms with E-state index < -0.39 is 0 Å². The summed E-state index contributed by atoms with van der Waals surface area (Å²) in [4.78, 5) is 17.9. The fourth-order valence-corrected chi connectivity index (χ4v) is 3.50. The molecular weight excluding hydrogens is 250 g/mol. The standard InChI is InChI=1S/C16H19N3O/c20-16(12-1-4-15-11(9-12)5-7-17-15)19-8-6-13-2-3-14(10-19)18-13/h1,4-5,7,9,13-14,17-18H,2-3,6,8,10H2. The SMILES string of the molecule is O=C(c1ccc2[nH]ccc2c1)N1CCC2CCC(C1)N2. The molecule has 104 valence electrons. The maximum absolute atomic E-state index is 12.7. The first kappa shape index (κ1) is 12.0. The van der Waals surface area contributed by atoms with Crippen LogP contribution in [0.15, 0.2) is 30.5 Å². The summed E-state index contributed by atoms with van der Waals surface area (Å²) >= 11 is 0. The van der Waals surface area contributed by atoms with Crippen LogP contribution in [-0.2, 0) is 0 Å². The van der Waals surface area contributed by atoms with E-state index in [-0.39, 0.29) is 5.91 Å². The van der Waals surface area contributed by atoms with Crippen LogP contribution in [0, 0.1) is 0 Å². The first-order valence-corrected chi connectivity index (χ1v) is 7.42. The van der Waals surface area contributed by atoms with Gasteiger partial charge in [-0.05, 0) is 43.5 Å². The minimum Gasteiger partial charge on any atom is -0.361 e. The number of hydrogen-bond acceptors (Lipinski definition) is 2. The van der Waals surface area contributed by atoms with Gasteiger partial charge in [-0.25, -0.2) is 0 Å². The van der Waals surface area contributed by atoms with Crippen molar-refractivity contribution in [1.82, 2.24) is 15.2 Å². The summed E-state index contributed by atoms with van der Waals surface area (Å²) in [6.07, 6.45) is 5.45. The Morgan fingerprint density at radius 3 is 3.00 bits per heavy atom. The first-order valence-electron chi connectivity index (χ1n) is 7.42. The van der Waals surface area contributed by atoms with Crippen LogP contribution in [0.2, 0.25) is 0 Å². The third-order valence-electron chi connectivity index (χ3n) is 4.61. The van der Waals surface area contributed by atoms with Crippen LogP contribution >= 0.6 is 0 Å². The van der Waals surface area contributed by atoms with Crippen molar-refractivity contribution in [3.8, 4) is 0 Å². The zero-order valence-corrected chi connectivity index (χ0v) is 11.4. The molecular formula is C16H19N3O. The number of benzene rings is 1. The Labute approximate surface area is 118 Å². The van der Waals surface area contributed by atoms with Crippen LogP contribution in [0.25, 0.3) is 10.9 Å². The van der Waals surface area contributed by atoms with Gasteiger partial charge in [0.05, 0.1) is 0 Å². The maximum atomic E-state index is 12.7. The molecule has 0 spiro atoms. The molecule has 1 aromatic carbocycles. The molecule has 2 bridgehead atoms. The van der Waals surface area contributed by atoms with E-state index in [1.165, 1.54) is 12.8 Å². The molecule has 2 unspecified atom stereocenters. The van der Waals surface area contributed by atoms with Gasteiger partial charge < -0.3 is 15.2 Å². The molecule has 4 rings (SSSR count). The summed E-state index contributed by atoms with van der Waals surface area (Å²) in [6, 6.07) is 9.03. The van der Waals surface area contributed by atoms with Crippen LogP contribution in [0.3, 0.4) is 0 Å². The molecule has 0 radical (unpaired) electrons. The van der Waals surface area contributed by atoms with Gasteiger partial charge in [-0.15, -0.1) is 0 Å². The Morgan fingerprint density at radius 2 is 2.05 bits per heavy atom. The van der Waals surface area contributed by atoms with Gasteiger partial charge in [0.25, 0.3) is 5.91 Å². The molecule has 2 aliphatic heterocycles. The van der Waals surface area contributed by atoms with Gasteiger partial charge in [0.2, 0.25) is 0 Å². The summed E-state index contributed by atoms with van der Waals surface area (Å²) in [5.41, 5.74) is 1.88. The number of aromatic nitrogens is 1. The smallest absolute Gasteiger partial charge is 0.253 e. The number of carbonyl (C=O) groups excluding carboxylic acids is 1. The number of amides is 1. The predicted octanol–water partition coefficient (Wildman–Crippen LogP) is 2.13. The molecule has 3 heterocycles. The van der Waals surface area contributed by atoms with E-state index in [0.29, 0.717) is 12.1 Å². The number of likely N-dealkylation sites (tertiary alicyclic amines) is 1. The van der Waals surface area contributed by atoms with Gasteiger partial charge in [0, 0.05) is 47.8 Å². The summed E-state index contributed by atoms with van der Waals surface area (Å²) < 4.78 is 0. The van der Waals surface area contributed by atoms with Crippen LogP contribution in [0.5, 0.6) is 0 Å². The molecule has 2 atom stereocenters. The molecule has 2 fully saturated rings. The molecule has 1 aromatic heterocycles. The number of rotatable bonds is 1. The Bertz CT molecular complexity index is 648. The number of H-pyrrole nitrogens is 1. The van der Waals surface area contributed by atoms with Gasteiger partial charge in [0.1, 0.15) is 0 Å². The largest absolute Gasteiger partial charge is 0.361 e. The number of nitrogens with zero attached hydrogens (tertiary/aromatic N) is 1. The zero-order chi connectivity index (χ0) is 13.5. The summed E-state index contributed by atoms with van der Waals surface area (Å²) in [7, 11) is 0. The Hall–Kier alpha value is -1.81. The Morgan fingerprint density at radius 1 is 1.15 bits per heavy atom. The second-order valence-corrected chi connectivity index (χ2v) is 5.96. The third-order valence-corrected chi connectivity index (χ3v) is 4.61. The van der Waals surface area contributed by atoms with Crippen molar-refractivity contribution in [3.63, 3.8) is 0 Å². The highest BCUT2D eigenvalue weighted by atomic mass is 16.2. The molecule has 2 N–H and O–H groups in total. The van der Waals surface area contributed by atoms with Crippen molar-refractivity contribution < 1.29 is 4.79 Å². The second-order valence-electron chi connectivity index (χ2n) is 5.96. The number of hydrogen-bond donors (Lipinski definition) is 2. The van der Waals surface area contributed by atoms with Crippen molar-refractivity contribution in [1.29, 1.82) is 0 Å². The molecule has 2 aromatic rings. The molecule has 20 heavy (non-hydrogen) atoms. The van der Waals surface area contributed by atoms with Gasteiger partial charge >= 0.3 is 0 Å². The van der Waals surface area contributed by atoms with Gasteiger partial charge in [-0.1, -0.05) is 0 Å². The Balaban J connectivity index is 1.59. The van der Waals surface area contributed by atoms with E-state index in [0.717, 1.165) is 36.0 Å². The van der Waals surface area contributed by atoms with E-state index in [1.54, 1.807) is 0 Å². The minimum absolute atomic E-state index is 0.169. The Kier molecular flexibility index (Phi) is 2.77. The summed E-state index contributed by atoms with van der Waals surface area (Å²) in [5.74, 6) is 0.169. The lowest BCUT2D eigenvalue weighted by atomic mass is 10.1. The topological polar surface area (TPSA) is 48.1 Å². The predicted molar refractivity (Wildman–Crippen MR) is 78.8 cm³/mol. The van der Waals surface area contributed by atoms with Crippen LogP contribution in [0.4, 0.5) is 0 Å². The van der Waals surface area contributed by atoms with Crippen molar-refractivity contribution in [2.24, 2.45) is 0 Å². The number of nitrogens with one attached hydrogen (secondary N) is 2. The highest BCUT2D eigenvalue weighted by Crippen LogP contribution is 2.22. The van der Waals surface area contributed by atoms with Gasteiger partial charge in [-0.2, -0.15) is 0 Å². The fourth-order valence-electron chi connectivity index (χ4n) is 3.50. The van der Waals surface area contributed by atoms with Crippen molar-refractivity contribution in [2.45, 2.75) is 31.3 Å². The first-order chi connectivity index (χ1) is 9.79. The van der Waals surface area contributed by atoms with Crippen molar-refractivity contribution in [3.05, 3.63) is 36.0 Å². The number of fused-ring (bicyclic) bond motifs is 3. The number of aromatic amines is 1. The second kappa shape index (κ2) is 4.63. The maximum Gasteiger partial charge on any atom is 0.253 e. The average Bonchev–Trinajstić information content (AvgIpc) is 3.03. The molecule has 0 saturated carbocycles. The van der Waals surface area contributed by atoms with Crippen LogP contribution in [0.1, 0.15) is 29.6 Å². The highest BCUT2D eigenvalue weighted by molar-refractivity contribution is 5.98. The molecule has 4 heteroatoms. The molecule has 0 aliphatic carbocycles. The van der Waals surface area contributed by atoms with Gasteiger partial charge in [-0.3, -0.25) is 4.79 Å². The summed E-state index contributed by atoms with van der Waals surface area (Å²) in [5, 5.41) is 4.72. The number of carbonyl (C=O) groups is 1. The molecule has 1 amide bonds. The molecule has 2 aliphatic rings. The van der Waals surface area contributed by atoms with E-state index in [2.05, 4.69) is 10.3 Å². The van der Waals surface area contributed by atoms with Crippen molar-refractivity contribution >= 4 is 16.8 Å². The van der Waals surface area contributed by atoms with E-state index in [1.807, 2.05) is 35.4 Å². The van der Waals surface area contributed by atoms with E-state index >= 15 is 0 Å². The summed E-state index contributed by atoms with van der Waals surface area (Å²) in [6.45, 7) is 1.72. The molecule has 2 saturated heterocycles. The van der Waals surface area contributed by atoms with Crippen LogP contribution < -0.4 is 5.32 Å². The highest BCUT2D eigenvalue weighted by Gasteiger charge is 2.31. The zero-order valence-electron chi connectivity index (χ0n) is 11.4.